The fourth-order valence-corrected chi connectivity index (χ4v) is 2.89. The van der Waals surface area contributed by atoms with E-state index in [4.69, 9.17) is 10.8 Å². The molecule has 1 aliphatic rings. The third kappa shape index (κ3) is 10.2. The fourth-order valence-electron chi connectivity index (χ4n) is 2.89. The maximum atomic E-state index is 9.24. The molecule has 0 spiro atoms. The van der Waals surface area contributed by atoms with Gasteiger partial charge in [0, 0.05) is 6.54 Å². The predicted molar refractivity (Wildman–Crippen MR) is 112 cm³/mol. The van der Waals surface area contributed by atoms with Gasteiger partial charge in [0.05, 0.1) is 6.54 Å². The molecule has 0 heterocycles. The van der Waals surface area contributed by atoms with E-state index in [1.165, 1.54) is 36.0 Å². The molecule has 4 heteroatoms. The van der Waals surface area contributed by atoms with E-state index in [0.29, 0.717) is 12.0 Å². The summed E-state index contributed by atoms with van der Waals surface area (Å²) in [6.45, 7) is 11.5. The quantitative estimate of drug-likeness (QED) is 0.608. The van der Waals surface area contributed by atoms with E-state index in [1.807, 2.05) is 6.08 Å². The number of carbonyl (C=O) groups is 1. The molecule has 0 fully saturated rings. The minimum absolute atomic E-state index is 0.278. The van der Waals surface area contributed by atoms with Crippen molar-refractivity contribution in [2.24, 2.45) is 16.9 Å². The normalized spacial score (nSPS) is 18.3. The van der Waals surface area contributed by atoms with E-state index >= 15 is 0 Å². The van der Waals surface area contributed by atoms with Crippen LogP contribution in [0.2, 0.25) is 0 Å². The molecule has 0 radical (unpaired) electrons. The van der Waals surface area contributed by atoms with Gasteiger partial charge in [0.2, 0.25) is 0 Å². The largest absolute Gasteiger partial charge is 0.480 e. The van der Waals surface area contributed by atoms with Crippen molar-refractivity contribution in [3.05, 3.63) is 58.7 Å². The summed E-state index contributed by atoms with van der Waals surface area (Å²) in [7, 11) is 0. The predicted octanol–water partition coefficient (Wildman–Crippen LogP) is 4.51. The molecule has 0 aromatic carbocycles. The van der Waals surface area contributed by atoms with E-state index in [-0.39, 0.29) is 6.54 Å². The summed E-state index contributed by atoms with van der Waals surface area (Å²) in [6.07, 6.45) is 16.8. The van der Waals surface area contributed by atoms with Gasteiger partial charge < -0.3 is 16.6 Å². The van der Waals surface area contributed by atoms with Crippen LogP contribution in [-0.4, -0.2) is 24.2 Å². The highest BCUT2D eigenvalue weighted by Gasteiger charge is 2.26. The van der Waals surface area contributed by atoms with Crippen molar-refractivity contribution in [3.8, 4) is 0 Å². The van der Waals surface area contributed by atoms with Crippen molar-refractivity contribution in [2.75, 3.05) is 13.1 Å². The van der Waals surface area contributed by atoms with E-state index in [9.17, 15) is 4.79 Å². The van der Waals surface area contributed by atoms with Crippen molar-refractivity contribution < 1.29 is 9.90 Å². The van der Waals surface area contributed by atoms with Crippen molar-refractivity contribution in [3.63, 3.8) is 0 Å². The summed E-state index contributed by atoms with van der Waals surface area (Å²) < 4.78 is 0. The van der Waals surface area contributed by atoms with Gasteiger partial charge in [-0.05, 0) is 51.0 Å². The van der Waals surface area contributed by atoms with Crippen LogP contribution in [-0.2, 0) is 4.79 Å². The van der Waals surface area contributed by atoms with Gasteiger partial charge in [-0.3, -0.25) is 4.79 Å². The lowest BCUT2D eigenvalue weighted by Crippen LogP contribution is -2.19. The van der Waals surface area contributed by atoms with Crippen LogP contribution in [0.25, 0.3) is 0 Å². The third-order valence-corrected chi connectivity index (χ3v) is 4.39. The SMILES string of the molecule is CC(C=CC1=C(C)CCCC1(C)C)=CC=CC(C)=CCN.NCC(=O)O. The average Bonchev–Trinajstić information content (AvgIpc) is 2.54. The first-order chi connectivity index (χ1) is 12.1. The van der Waals surface area contributed by atoms with Gasteiger partial charge in [0.1, 0.15) is 0 Å². The second-order valence-electron chi connectivity index (χ2n) is 7.32. The first kappa shape index (κ1) is 24.1. The monoisotopic (exact) mass is 360 g/mol. The molecule has 0 aliphatic heterocycles. The molecule has 26 heavy (non-hydrogen) atoms. The van der Waals surface area contributed by atoms with E-state index in [0.717, 1.165) is 0 Å². The Hall–Kier alpha value is -1.91. The lowest BCUT2D eigenvalue weighted by atomic mass is 9.72. The summed E-state index contributed by atoms with van der Waals surface area (Å²) >= 11 is 0. The van der Waals surface area contributed by atoms with Gasteiger partial charge in [-0.2, -0.15) is 0 Å². The Morgan fingerprint density at radius 1 is 1.19 bits per heavy atom. The molecule has 4 nitrogen and oxygen atoms in total. The third-order valence-electron chi connectivity index (χ3n) is 4.39. The van der Waals surface area contributed by atoms with E-state index in [2.05, 4.69) is 70.7 Å². The number of aliphatic carboxylic acids is 1. The second kappa shape index (κ2) is 12.4. The van der Waals surface area contributed by atoms with Crippen LogP contribution in [0.15, 0.2) is 58.7 Å². The number of hydrogen-bond acceptors (Lipinski definition) is 3. The molecule has 1 rings (SSSR count). The van der Waals surface area contributed by atoms with Crippen LogP contribution >= 0.6 is 0 Å². The summed E-state index contributed by atoms with van der Waals surface area (Å²) in [5, 5.41) is 7.60. The molecule has 0 saturated carbocycles. The Kier molecular flexibility index (Phi) is 11.5. The van der Waals surface area contributed by atoms with E-state index < -0.39 is 5.97 Å². The minimum atomic E-state index is -0.968. The number of hydrogen-bond donors (Lipinski definition) is 3. The molecule has 1 aliphatic carbocycles. The van der Waals surface area contributed by atoms with Crippen molar-refractivity contribution in [2.45, 2.75) is 53.9 Å². The Bertz CT molecular complexity index is 606. The van der Waals surface area contributed by atoms with Crippen LogP contribution in [0, 0.1) is 5.41 Å². The molecule has 0 bridgehead atoms. The van der Waals surface area contributed by atoms with Gasteiger partial charge in [-0.1, -0.05) is 67.0 Å². The Morgan fingerprint density at radius 2 is 1.81 bits per heavy atom. The van der Waals surface area contributed by atoms with Gasteiger partial charge in [0.25, 0.3) is 0 Å². The standard InChI is InChI=1S/C20H31N.C2H5NO2/c1-16(8-6-9-17(2)13-15-21)11-12-19-18(3)10-7-14-20(19,4)5;3-1-2(4)5/h6,8-9,11-13H,7,10,14-15,21H2,1-5H3;1,3H2,(H,4,5). The number of nitrogens with two attached hydrogens (primary N) is 2. The summed E-state index contributed by atoms with van der Waals surface area (Å²) in [6, 6.07) is 0. The smallest absolute Gasteiger partial charge is 0.317 e. The molecular weight excluding hydrogens is 324 g/mol. The highest BCUT2D eigenvalue weighted by molar-refractivity contribution is 5.68. The second-order valence-corrected chi connectivity index (χ2v) is 7.32. The first-order valence-corrected chi connectivity index (χ1v) is 9.16. The van der Waals surface area contributed by atoms with Gasteiger partial charge >= 0.3 is 5.97 Å². The van der Waals surface area contributed by atoms with Crippen LogP contribution in [0.4, 0.5) is 0 Å². The maximum Gasteiger partial charge on any atom is 0.317 e. The summed E-state index contributed by atoms with van der Waals surface area (Å²) in [5.74, 6) is -0.968. The van der Waals surface area contributed by atoms with Crippen molar-refractivity contribution in [1.82, 2.24) is 0 Å². The Labute approximate surface area is 159 Å². The number of carboxylic acid groups (broad SMARTS) is 1. The average molecular weight is 361 g/mol. The highest BCUT2D eigenvalue weighted by Crippen LogP contribution is 2.40. The van der Waals surface area contributed by atoms with Gasteiger partial charge in [-0.15, -0.1) is 0 Å². The summed E-state index contributed by atoms with van der Waals surface area (Å²) in [4.78, 5) is 9.24. The van der Waals surface area contributed by atoms with Crippen LogP contribution in [0.3, 0.4) is 0 Å². The Balaban J connectivity index is 0.00000110. The number of allylic oxidation sites excluding steroid dienone is 9. The zero-order chi connectivity index (χ0) is 20.2. The molecule has 0 aromatic heterocycles. The van der Waals surface area contributed by atoms with Crippen molar-refractivity contribution in [1.29, 1.82) is 0 Å². The topological polar surface area (TPSA) is 89.3 Å². The van der Waals surface area contributed by atoms with Crippen molar-refractivity contribution >= 4 is 5.97 Å². The van der Waals surface area contributed by atoms with E-state index in [1.54, 1.807) is 5.57 Å². The number of carboxylic acids is 1. The molecule has 5 N–H and O–H groups in total. The Morgan fingerprint density at radius 3 is 2.31 bits per heavy atom. The summed E-state index contributed by atoms with van der Waals surface area (Å²) in [5.41, 5.74) is 15.9. The zero-order valence-electron chi connectivity index (χ0n) is 17.0. The van der Waals surface area contributed by atoms with Crippen LogP contribution in [0.5, 0.6) is 0 Å². The number of rotatable bonds is 6. The molecule has 0 atom stereocenters. The molecular formula is C22H36N2O2. The molecule has 0 aromatic rings. The maximum absolute atomic E-state index is 9.24. The van der Waals surface area contributed by atoms with Crippen LogP contribution in [0.1, 0.15) is 53.9 Å². The molecule has 0 saturated heterocycles. The van der Waals surface area contributed by atoms with Gasteiger partial charge in [-0.25, -0.2) is 0 Å². The lowest BCUT2D eigenvalue weighted by Gasteiger charge is -2.32. The first-order valence-electron chi connectivity index (χ1n) is 9.16. The molecule has 0 unspecified atom stereocenters. The zero-order valence-corrected chi connectivity index (χ0v) is 17.0. The molecule has 0 amide bonds. The highest BCUT2D eigenvalue weighted by atomic mass is 16.4. The van der Waals surface area contributed by atoms with Gasteiger partial charge in [0.15, 0.2) is 0 Å². The van der Waals surface area contributed by atoms with Crippen LogP contribution < -0.4 is 11.5 Å². The lowest BCUT2D eigenvalue weighted by molar-refractivity contribution is -0.135. The fraction of sp³-hybridized carbons (Fsp3) is 0.500. The molecule has 146 valence electrons. The minimum Gasteiger partial charge on any atom is -0.480 e.